The van der Waals surface area contributed by atoms with Gasteiger partial charge in [-0.3, -0.25) is 18.6 Å². The molecule has 0 aromatic rings. The van der Waals surface area contributed by atoms with Crippen LogP contribution >= 0.6 is 7.82 Å². The largest absolute Gasteiger partial charge is 0.472 e. The first-order chi connectivity index (χ1) is 45.0. The fraction of sp³-hybridized carbons (Fsp3) is 0.634. The fourth-order valence-electron chi connectivity index (χ4n) is 9.62. The van der Waals surface area contributed by atoms with Crippen LogP contribution < -0.4 is 0 Å². The smallest absolute Gasteiger partial charge is 0.462 e. The summed E-state index contributed by atoms with van der Waals surface area (Å²) in [5.41, 5.74) is 0. The van der Waals surface area contributed by atoms with Crippen LogP contribution in [-0.4, -0.2) is 74.9 Å². The number of likely N-dealkylation sites (N-methyl/N-ethyl adjacent to an activating group) is 1. The summed E-state index contributed by atoms with van der Waals surface area (Å²) < 4.78 is 34.7. The number of hydrogen-bond acceptors (Lipinski definition) is 7. The molecule has 0 aliphatic rings. The van der Waals surface area contributed by atoms with E-state index in [1.807, 2.05) is 21.1 Å². The quantitative estimate of drug-likeness (QED) is 0.0211. The Morgan fingerprint density at radius 3 is 0.924 bits per heavy atom. The Labute approximate surface area is 566 Å². The van der Waals surface area contributed by atoms with Gasteiger partial charge in [-0.05, 0) is 135 Å². The number of carbonyl (C=O) groups excluding carboxylic acids is 2. The van der Waals surface area contributed by atoms with Crippen LogP contribution in [0.4, 0.5) is 0 Å². The third-order valence-corrected chi connectivity index (χ3v) is 16.2. The summed E-state index contributed by atoms with van der Waals surface area (Å²) in [4.78, 5) is 35.9. The number of carbonyl (C=O) groups is 2. The molecule has 522 valence electrons. The van der Waals surface area contributed by atoms with Gasteiger partial charge >= 0.3 is 19.8 Å². The average molecular weight is 1300 g/mol. The molecule has 92 heavy (non-hydrogen) atoms. The van der Waals surface area contributed by atoms with Crippen molar-refractivity contribution in [2.45, 2.75) is 290 Å². The summed E-state index contributed by atoms with van der Waals surface area (Å²) in [6.45, 7) is 4.28. The van der Waals surface area contributed by atoms with Crippen molar-refractivity contribution < 1.29 is 42.1 Å². The van der Waals surface area contributed by atoms with Gasteiger partial charge < -0.3 is 18.9 Å². The standard InChI is InChI=1S/C82H136NO8P/c1-6-8-10-12-14-16-18-20-22-24-26-28-30-32-34-35-36-37-38-39-40-41-42-43-44-45-46-47-49-51-53-55-57-59-61-63-65-67-69-71-73-75-82(85)91-80(79-90-92(86,87)89-77-76-83(3,4)5)78-88-81(84)74-72-70-68-66-64-62-60-58-56-54-52-50-48-33-31-29-27-25-23-21-19-17-15-13-11-9-7-2/h8,10,14,16,19-22,25-28,32,34,36-37,39-40,42-43,45-46,49,51,55,57,61,63,80H,6-7,9,11-13,15,17-18,23-24,29-31,33,35,38,41,44,47-48,50,52-54,56,58-60,62,64-79H2,1-5H3/p+1/b10-8-,16-14-,21-19-,22-20-,27-25-,28-26-,34-32-,37-36-,40-39-,43-42-,46-45-,51-49-,57-55-,63-61-. The Balaban J connectivity index is 4.16. The molecule has 2 atom stereocenters. The van der Waals surface area contributed by atoms with Crippen LogP contribution in [0.25, 0.3) is 0 Å². The first-order valence-corrected chi connectivity index (χ1v) is 38.4. The molecule has 0 bridgehead atoms. The summed E-state index contributed by atoms with van der Waals surface area (Å²) in [6, 6.07) is 0. The van der Waals surface area contributed by atoms with E-state index in [4.69, 9.17) is 18.5 Å². The molecule has 0 spiro atoms. The second-order valence-corrected chi connectivity index (χ2v) is 26.7. The molecule has 0 rings (SSSR count). The van der Waals surface area contributed by atoms with Gasteiger partial charge in [0, 0.05) is 12.8 Å². The van der Waals surface area contributed by atoms with Gasteiger partial charge in [0.15, 0.2) is 6.10 Å². The molecule has 0 aromatic carbocycles. The summed E-state index contributed by atoms with van der Waals surface area (Å²) in [5, 5.41) is 0. The number of quaternary nitrogens is 1. The molecule has 0 aliphatic carbocycles. The van der Waals surface area contributed by atoms with Crippen molar-refractivity contribution in [3.63, 3.8) is 0 Å². The van der Waals surface area contributed by atoms with Crippen LogP contribution in [0.1, 0.15) is 284 Å². The van der Waals surface area contributed by atoms with E-state index in [1.165, 1.54) is 122 Å². The maximum atomic E-state index is 12.9. The monoisotopic (exact) mass is 1300 g/mol. The molecule has 0 saturated heterocycles. The number of phosphoric acid groups is 1. The molecular formula is C82H137NO8P+. The van der Waals surface area contributed by atoms with Gasteiger partial charge in [-0.1, -0.05) is 306 Å². The predicted molar refractivity (Wildman–Crippen MR) is 399 cm³/mol. The molecule has 0 heterocycles. The number of phosphoric ester groups is 1. The highest BCUT2D eigenvalue weighted by molar-refractivity contribution is 7.47. The van der Waals surface area contributed by atoms with Crippen molar-refractivity contribution >= 4 is 19.8 Å². The molecule has 0 fully saturated rings. The fourth-order valence-corrected chi connectivity index (χ4v) is 10.4. The lowest BCUT2D eigenvalue weighted by Gasteiger charge is -2.24. The van der Waals surface area contributed by atoms with Gasteiger partial charge in [0.2, 0.25) is 0 Å². The van der Waals surface area contributed by atoms with Gasteiger partial charge in [-0.2, -0.15) is 0 Å². The summed E-state index contributed by atoms with van der Waals surface area (Å²) in [6.07, 6.45) is 107. The zero-order chi connectivity index (χ0) is 66.9. The number of allylic oxidation sites excluding steroid dienone is 28. The maximum Gasteiger partial charge on any atom is 0.472 e. The van der Waals surface area contributed by atoms with Gasteiger partial charge in [0.05, 0.1) is 27.7 Å². The molecule has 2 unspecified atom stereocenters. The molecule has 9 nitrogen and oxygen atoms in total. The second kappa shape index (κ2) is 70.7. The van der Waals surface area contributed by atoms with E-state index in [9.17, 15) is 19.0 Å². The highest BCUT2D eigenvalue weighted by atomic mass is 31.2. The van der Waals surface area contributed by atoms with Crippen molar-refractivity contribution in [1.29, 1.82) is 0 Å². The van der Waals surface area contributed by atoms with E-state index < -0.39 is 26.5 Å². The van der Waals surface area contributed by atoms with Crippen molar-refractivity contribution in [2.24, 2.45) is 0 Å². The minimum absolute atomic E-state index is 0.0184. The predicted octanol–water partition coefficient (Wildman–Crippen LogP) is 24.5. The van der Waals surface area contributed by atoms with Gasteiger partial charge in [-0.15, -0.1) is 0 Å². The van der Waals surface area contributed by atoms with Crippen molar-refractivity contribution in [3.05, 3.63) is 170 Å². The Bertz CT molecular complexity index is 2160. The second-order valence-electron chi connectivity index (χ2n) is 25.2. The third kappa shape index (κ3) is 74.4. The summed E-state index contributed by atoms with van der Waals surface area (Å²) in [5.74, 6) is -0.832. The Hall–Kier alpha value is -4.63. The van der Waals surface area contributed by atoms with E-state index in [2.05, 4.69) is 184 Å². The number of unbranched alkanes of at least 4 members (excludes halogenated alkanes) is 24. The van der Waals surface area contributed by atoms with Gasteiger partial charge in [0.25, 0.3) is 0 Å². The third-order valence-electron chi connectivity index (χ3n) is 15.2. The topological polar surface area (TPSA) is 108 Å². The van der Waals surface area contributed by atoms with Crippen LogP contribution in [-0.2, 0) is 32.7 Å². The lowest BCUT2D eigenvalue weighted by molar-refractivity contribution is -0.870. The molecule has 10 heteroatoms. The molecule has 0 aromatic heterocycles. The number of ether oxygens (including phenoxy) is 2. The molecule has 1 N–H and O–H groups in total. The number of nitrogens with zero attached hydrogens (tertiary/aromatic N) is 1. The molecule has 0 saturated carbocycles. The summed E-state index contributed by atoms with van der Waals surface area (Å²) in [7, 11) is 1.44. The van der Waals surface area contributed by atoms with Crippen molar-refractivity contribution in [2.75, 3.05) is 47.5 Å². The zero-order valence-corrected chi connectivity index (χ0v) is 60.4. The molecule has 0 amide bonds. The van der Waals surface area contributed by atoms with E-state index in [1.54, 1.807) is 0 Å². The average Bonchev–Trinajstić information content (AvgIpc) is 2.23. The minimum Gasteiger partial charge on any atom is -0.462 e. The first kappa shape index (κ1) is 87.4. The van der Waals surface area contributed by atoms with E-state index in [0.29, 0.717) is 17.4 Å². The highest BCUT2D eigenvalue weighted by Gasteiger charge is 2.27. The lowest BCUT2D eigenvalue weighted by atomic mass is 10.0. The minimum atomic E-state index is -4.41. The number of rotatable bonds is 66. The lowest BCUT2D eigenvalue weighted by Crippen LogP contribution is -2.37. The van der Waals surface area contributed by atoms with Crippen LogP contribution in [0.15, 0.2) is 170 Å². The SMILES string of the molecule is CC/C=C\C/C=C\C/C=C\C/C=C\C/C=C\C/C=C\C/C=C\C/C=C\C/C=C\C/C=C\C/C=C\C/C=C\CCCCCCC(=O)OC(COC(=O)CCCCCCCCCCCCCCCCC/C=C\C/C=C\CCCCCCC)COP(=O)(O)OCC[N+](C)(C)C. The van der Waals surface area contributed by atoms with Gasteiger partial charge in [0.1, 0.15) is 19.8 Å². The van der Waals surface area contributed by atoms with Crippen LogP contribution in [0.2, 0.25) is 0 Å². The summed E-state index contributed by atoms with van der Waals surface area (Å²) >= 11 is 0. The van der Waals surface area contributed by atoms with Gasteiger partial charge in [-0.25, -0.2) is 4.57 Å². The van der Waals surface area contributed by atoms with Crippen molar-refractivity contribution in [3.8, 4) is 0 Å². The first-order valence-electron chi connectivity index (χ1n) is 36.9. The Kier molecular flexibility index (Phi) is 67.1. The van der Waals surface area contributed by atoms with Crippen molar-refractivity contribution in [1.82, 2.24) is 0 Å². The van der Waals surface area contributed by atoms with Crippen LogP contribution in [0.3, 0.4) is 0 Å². The normalized spacial score (nSPS) is 14.1. The Morgan fingerprint density at radius 2 is 0.620 bits per heavy atom. The number of hydrogen-bond donors (Lipinski definition) is 1. The van der Waals surface area contributed by atoms with E-state index >= 15 is 0 Å². The Morgan fingerprint density at radius 1 is 0.348 bits per heavy atom. The van der Waals surface area contributed by atoms with Crippen LogP contribution in [0, 0.1) is 0 Å². The molecule has 0 radical (unpaired) electrons. The van der Waals surface area contributed by atoms with E-state index in [0.717, 1.165) is 128 Å². The molecule has 0 aliphatic heterocycles. The maximum absolute atomic E-state index is 12.9. The molecular weight excluding hydrogens is 1160 g/mol. The highest BCUT2D eigenvalue weighted by Crippen LogP contribution is 2.43. The number of esters is 2. The van der Waals surface area contributed by atoms with E-state index in [-0.39, 0.29) is 32.0 Å². The van der Waals surface area contributed by atoms with Crippen LogP contribution in [0.5, 0.6) is 0 Å². The zero-order valence-electron chi connectivity index (χ0n) is 59.5.